The summed E-state index contributed by atoms with van der Waals surface area (Å²) in [5.41, 5.74) is 6.53. The first-order valence-corrected chi connectivity index (χ1v) is 7.32. The first kappa shape index (κ1) is 15.2. The third kappa shape index (κ3) is 2.94. The monoisotopic (exact) mass is 332 g/mol. The molecule has 0 atom stereocenters. The SMILES string of the molecule is N#Cc1cnn(C(=O)Cc2cc(Cl)c3c(c2)OCCCO3)c1N. The van der Waals surface area contributed by atoms with Crippen LogP contribution in [0, 0.1) is 11.3 Å². The van der Waals surface area contributed by atoms with Gasteiger partial charge in [0.25, 0.3) is 5.91 Å². The summed E-state index contributed by atoms with van der Waals surface area (Å²) < 4.78 is 12.1. The molecule has 118 valence electrons. The number of ether oxygens (including phenoxy) is 2. The standard InChI is InChI=1S/C15H13ClN4O3/c16-11-4-9(5-12-14(11)23-3-1-2-22-12)6-13(21)20-15(18)10(7-17)8-19-20/h4-5,8H,1-3,6,18H2. The highest BCUT2D eigenvalue weighted by atomic mass is 35.5. The molecule has 0 unspecified atom stereocenters. The molecule has 1 aromatic carbocycles. The van der Waals surface area contributed by atoms with Gasteiger partial charge in [0.2, 0.25) is 0 Å². The number of benzene rings is 1. The zero-order valence-corrected chi connectivity index (χ0v) is 12.8. The van der Waals surface area contributed by atoms with E-state index in [4.69, 9.17) is 32.1 Å². The molecule has 0 fully saturated rings. The predicted molar refractivity (Wildman–Crippen MR) is 82.7 cm³/mol. The molecule has 0 radical (unpaired) electrons. The van der Waals surface area contributed by atoms with Crippen LogP contribution in [0.4, 0.5) is 5.82 Å². The maximum atomic E-state index is 12.3. The minimum Gasteiger partial charge on any atom is -0.489 e. The Balaban J connectivity index is 1.87. The van der Waals surface area contributed by atoms with Crippen LogP contribution < -0.4 is 15.2 Å². The molecule has 0 saturated carbocycles. The second-order valence-corrected chi connectivity index (χ2v) is 5.40. The molecule has 1 aliphatic heterocycles. The van der Waals surface area contributed by atoms with Crippen LogP contribution in [-0.4, -0.2) is 28.9 Å². The van der Waals surface area contributed by atoms with Crippen LogP contribution in [0.3, 0.4) is 0 Å². The number of nitriles is 1. The number of nitrogens with zero attached hydrogens (tertiary/aromatic N) is 3. The fraction of sp³-hybridized carbons (Fsp3) is 0.267. The molecule has 2 N–H and O–H groups in total. The smallest absolute Gasteiger partial charge is 0.253 e. The molecular weight excluding hydrogens is 320 g/mol. The van der Waals surface area contributed by atoms with Gasteiger partial charge >= 0.3 is 0 Å². The number of hydrogen-bond acceptors (Lipinski definition) is 6. The Morgan fingerprint density at radius 2 is 2.22 bits per heavy atom. The first-order chi connectivity index (χ1) is 11.1. The number of hydrogen-bond donors (Lipinski definition) is 1. The van der Waals surface area contributed by atoms with E-state index in [-0.39, 0.29) is 23.7 Å². The van der Waals surface area contributed by atoms with Crippen LogP contribution in [0.5, 0.6) is 11.5 Å². The lowest BCUT2D eigenvalue weighted by molar-refractivity contribution is 0.0901. The zero-order valence-electron chi connectivity index (χ0n) is 12.1. The van der Waals surface area contributed by atoms with Crippen molar-refractivity contribution in [1.82, 2.24) is 9.78 Å². The Labute approximate surface area is 137 Å². The number of carbonyl (C=O) groups is 1. The van der Waals surface area contributed by atoms with E-state index in [0.717, 1.165) is 11.1 Å². The molecule has 1 aromatic heterocycles. The fourth-order valence-corrected chi connectivity index (χ4v) is 2.57. The van der Waals surface area contributed by atoms with Crippen molar-refractivity contribution < 1.29 is 14.3 Å². The van der Waals surface area contributed by atoms with Gasteiger partial charge in [-0.15, -0.1) is 0 Å². The number of halogens is 1. The van der Waals surface area contributed by atoms with Crippen molar-refractivity contribution >= 4 is 23.3 Å². The van der Waals surface area contributed by atoms with Gasteiger partial charge < -0.3 is 15.2 Å². The van der Waals surface area contributed by atoms with E-state index in [2.05, 4.69) is 5.10 Å². The van der Waals surface area contributed by atoms with Crippen LogP contribution in [0.2, 0.25) is 5.02 Å². The molecule has 7 nitrogen and oxygen atoms in total. The van der Waals surface area contributed by atoms with Crippen LogP contribution in [0.15, 0.2) is 18.3 Å². The molecule has 0 aliphatic carbocycles. The number of rotatable bonds is 2. The van der Waals surface area contributed by atoms with Gasteiger partial charge in [0.1, 0.15) is 17.5 Å². The van der Waals surface area contributed by atoms with E-state index in [1.165, 1.54) is 6.20 Å². The van der Waals surface area contributed by atoms with Gasteiger partial charge in [-0.05, 0) is 17.7 Å². The van der Waals surface area contributed by atoms with Crippen LogP contribution in [-0.2, 0) is 6.42 Å². The number of carbonyl (C=O) groups excluding carboxylic acids is 1. The van der Waals surface area contributed by atoms with Gasteiger partial charge in [0.05, 0.1) is 30.9 Å². The Morgan fingerprint density at radius 1 is 1.43 bits per heavy atom. The molecule has 0 bridgehead atoms. The van der Waals surface area contributed by atoms with Crippen molar-refractivity contribution in [1.29, 1.82) is 5.26 Å². The van der Waals surface area contributed by atoms with E-state index in [1.54, 1.807) is 12.1 Å². The van der Waals surface area contributed by atoms with E-state index in [9.17, 15) is 4.79 Å². The van der Waals surface area contributed by atoms with E-state index in [0.29, 0.717) is 35.3 Å². The zero-order chi connectivity index (χ0) is 16.4. The van der Waals surface area contributed by atoms with Crippen molar-refractivity contribution in [2.24, 2.45) is 0 Å². The number of aromatic nitrogens is 2. The lowest BCUT2D eigenvalue weighted by atomic mass is 10.1. The minimum absolute atomic E-state index is 0.0209. The first-order valence-electron chi connectivity index (χ1n) is 6.95. The quantitative estimate of drug-likeness (QED) is 0.902. The highest BCUT2D eigenvalue weighted by Crippen LogP contribution is 2.38. The van der Waals surface area contributed by atoms with Crippen molar-refractivity contribution in [2.45, 2.75) is 12.8 Å². The van der Waals surface area contributed by atoms with Crippen LogP contribution in [0.1, 0.15) is 22.3 Å². The van der Waals surface area contributed by atoms with Crippen molar-refractivity contribution in [3.8, 4) is 17.6 Å². The summed E-state index contributed by atoms with van der Waals surface area (Å²) in [6.07, 6.45) is 2.04. The summed E-state index contributed by atoms with van der Waals surface area (Å²) in [5, 5.41) is 13.1. The molecule has 8 heteroatoms. The lowest BCUT2D eigenvalue weighted by Crippen LogP contribution is -2.17. The van der Waals surface area contributed by atoms with Gasteiger partial charge in [0, 0.05) is 6.42 Å². The highest BCUT2D eigenvalue weighted by molar-refractivity contribution is 6.32. The number of fused-ring (bicyclic) bond motifs is 1. The van der Waals surface area contributed by atoms with Gasteiger partial charge in [0.15, 0.2) is 11.5 Å². The third-order valence-electron chi connectivity index (χ3n) is 3.38. The van der Waals surface area contributed by atoms with Crippen LogP contribution >= 0.6 is 11.6 Å². The molecule has 3 rings (SSSR count). The number of anilines is 1. The second kappa shape index (κ2) is 6.18. The van der Waals surface area contributed by atoms with E-state index in [1.807, 2.05) is 6.07 Å². The van der Waals surface area contributed by atoms with Gasteiger partial charge in [-0.2, -0.15) is 15.0 Å². The van der Waals surface area contributed by atoms with Gasteiger partial charge in [-0.1, -0.05) is 11.6 Å². The molecule has 2 heterocycles. The average molecular weight is 333 g/mol. The molecule has 0 spiro atoms. The molecule has 0 saturated heterocycles. The predicted octanol–water partition coefficient (Wildman–Crippen LogP) is 2.03. The summed E-state index contributed by atoms with van der Waals surface area (Å²) in [5.74, 6) is 0.669. The Hall–Kier alpha value is -2.72. The molecule has 1 aliphatic rings. The molecule has 0 amide bonds. The summed E-state index contributed by atoms with van der Waals surface area (Å²) in [6.45, 7) is 1.06. The summed E-state index contributed by atoms with van der Waals surface area (Å²) in [6, 6.07) is 5.24. The Kier molecular flexibility index (Phi) is 4.08. The van der Waals surface area contributed by atoms with Gasteiger partial charge in [-0.3, -0.25) is 4.79 Å². The maximum absolute atomic E-state index is 12.3. The average Bonchev–Trinajstić information content (AvgIpc) is 2.74. The number of nitrogen functional groups attached to an aromatic ring is 1. The normalized spacial score (nSPS) is 13.2. The molecule has 23 heavy (non-hydrogen) atoms. The van der Waals surface area contributed by atoms with Crippen molar-refractivity contribution in [2.75, 3.05) is 18.9 Å². The largest absolute Gasteiger partial charge is 0.489 e. The maximum Gasteiger partial charge on any atom is 0.253 e. The third-order valence-corrected chi connectivity index (χ3v) is 3.66. The number of nitrogens with two attached hydrogens (primary N) is 1. The summed E-state index contributed by atoms with van der Waals surface area (Å²) in [4.78, 5) is 12.3. The lowest BCUT2D eigenvalue weighted by Gasteiger charge is -2.11. The Bertz CT molecular complexity index is 810. The molecule has 2 aromatic rings. The van der Waals surface area contributed by atoms with Crippen LogP contribution in [0.25, 0.3) is 0 Å². The van der Waals surface area contributed by atoms with Crippen molar-refractivity contribution in [3.63, 3.8) is 0 Å². The molecular formula is C15H13ClN4O3. The topological polar surface area (TPSA) is 103 Å². The summed E-state index contributed by atoms with van der Waals surface area (Å²) >= 11 is 6.20. The second-order valence-electron chi connectivity index (χ2n) is 4.99. The van der Waals surface area contributed by atoms with Gasteiger partial charge in [-0.25, -0.2) is 0 Å². The van der Waals surface area contributed by atoms with Crippen molar-refractivity contribution in [3.05, 3.63) is 34.5 Å². The Morgan fingerprint density at radius 3 is 2.96 bits per heavy atom. The minimum atomic E-state index is -0.366. The van der Waals surface area contributed by atoms with E-state index < -0.39 is 0 Å². The highest BCUT2D eigenvalue weighted by Gasteiger charge is 2.19. The fourth-order valence-electron chi connectivity index (χ4n) is 2.28. The summed E-state index contributed by atoms with van der Waals surface area (Å²) in [7, 11) is 0. The van der Waals surface area contributed by atoms with E-state index >= 15 is 0 Å².